The maximum atomic E-state index is 12.7. The van der Waals surface area contributed by atoms with Crippen molar-refractivity contribution < 1.29 is 19.1 Å². The fraction of sp³-hybridized carbons (Fsp3) is 0.375. The molecule has 0 aromatic heterocycles. The number of benzene rings is 2. The van der Waals surface area contributed by atoms with Gasteiger partial charge in [-0.2, -0.15) is 0 Å². The van der Waals surface area contributed by atoms with Crippen molar-refractivity contribution in [3.05, 3.63) is 59.2 Å². The van der Waals surface area contributed by atoms with Gasteiger partial charge >= 0.3 is 5.97 Å². The number of hydrogen-bond donors (Lipinski definition) is 0. The summed E-state index contributed by atoms with van der Waals surface area (Å²) in [6.07, 6.45) is 1.93. The molecule has 2 aromatic carbocycles. The molecule has 2 aromatic rings. The van der Waals surface area contributed by atoms with Gasteiger partial charge in [0, 0.05) is 30.9 Å². The molecule has 2 aliphatic heterocycles. The molecule has 1 fully saturated rings. The molecule has 1 saturated heterocycles. The van der Waals surface area contributed by atoms with Crippen LogP contribution in [-0.4, -0.2) is 37.5 Å². The number of anilines is 2. The number of fused-ring (bicyclic) bond motifs is 1. The second-order valence-corrected chi connectivity index (χ2v) is 8.01. The van der Waals surface area contributed by atoms with E-state index in [-0.39, 0.29) is 31.4 Å². The van der Waals surface area contributed by atoms with Crippen molar-refractivity contribution in [3.63, 3.8) is 0 Å². The molecule has 0 bridgehead atoms. The Kier molecular flexibility index (Phi) is 5.57. The largest absolute Gasteiger partial charge is 0.455 e. The zero-order valence-corrected chi connectivity index (χ0v) is 17.4. The van der Waals surface area contributed by atoms with Gasteiger partial charge < -0.3 is 14.5 Å². The van der Waals surface area contributed by atoms with Gasteiger partial charge in [-0.15, -0.1) is 0 Å². The zero-order chi connectivity index (χ0) is 21.3. The summed E-state index contributed by atoms with van der Waals surface area (Å²) in [6, 6.07) is 13.6. The van der Waals surface area contributed by atoms with Crippen molar-refractivity contribution in [2.24, 2.45) is 5.92 Å². The van der Waals surface area contributed by atoms with E-state index in [0.29, 0.717) is 6.54 Å². The van der Waals surface area contributed by atoms with E-state index in [9.17, 15) is 14.4 Å². The lowest BCUT2D eigenvalue weighted by Crippen LogP contribution is -2.39. The normalized spacial score (nSPS) is 18.3. The number of carbonyl (C=O) groups is 3. The van der Waals surface area contributed by atoms with Crippen molar-refractivity contribution in [1.82, 2.24) is 0 Å². The Morgan fingerprint density at radius 1 is 1.07 bits per heavy atom. The van der Waals surface area contributed by atoms with E-state index in [4.69, 9.17) is 4.74 Å². The molecular weight excluding hydrogens is 380 g/mol. The molecule has 0 radical (unpaired) electrons. The molecule has 1 unspecified atom stereocenters. The predicted molar refractivity (Wildman–Crippen MR) is 114 cm³/mol. The average molecular weight is 406 g/mol. The summed E-state index contributed by atoms with van der Waals surface area (Å²) in [4.78, 5) is 41.1. The number of esters is 1. The number of rotatable bonds is 4. The van der Waals surface area contributed by atoms with Crippen LogP contribution in [-0.2, 0) is 25.5 Å². The summed E-state index contributed by atoms with van der Waals surface area (Å²) in [5, 5.41) is 0. The number of carbonyl (C=O) groups excluding carboxylic acids is 3. The standard InChI is InChI=1S/C24H26N2O4/c1-16-7-5-11-20(17(16)2)26-14-19(13-22(26)27)24(29)30-15-23(28)25-12-6-9-18-8-3-4-10-21(18)25/h3-5,7-8,10-11,19H,6,9,12-15H2,1-2H3. The van der Waals surface area contributed by atoms with E-state index in [1.807, 2.05) is 56.3 Å². The van der Waals surface area contributed by atoms with E-state index in [1.165, 1.54) is 0 Å². The fourth-order valence-corrected chi connectivity index (χ4v) is 4.25. The van der Waals surface area contributed by atoms with Gasteiger partial charge in [0.05, 0.1) is 5.92 Å². The first-order valence-electron chi connectivity index (χ1n) is 10.4. The number of hydrogen-bond acceptors (Lipinski definition) is 4. The predicted octanol–water partition coefficient (Wildman–Crippen LogP) is 3.18. The molecule has 2 aliphatic rings. The molecule has 2 heterocycles. The number of nitrogens with zero attached hydrogens (tertiary/aromatic N) is 2. The molecule has 2 amide bonds. The third-order valence-electron chi connectivity index (χ3n) is 6.07. The molecule has 30 heavy (non-hydrogen) atoms. The Hall–Kier alpha value is -3.15. The number of amides is 2. The van der Waals surface area contributed by atoms with Crippen LogP contribution >= 0.6 is 0 Å². The second kappa shape index (κ2) is 8.30. The number of para-hydroxylation sites is 1. The van der Waals surface area contributed by atoms with E-state index in [0.717, 1.165) is 40.9 Å². The molecule has 4 rings (SSSR count). The maximum Gasteiger partial charge on any atom is 0.311 e. The molecule has 0 N–H and O–H groups in total. The van der Waals surface area contributed by atoms with Gasteiger partial charge in [-0.25, -0.2) is 0 Å². The molecule has 0 saturated carbocycles. The van der Waals surface area contributed by atoms with E-state index < -0.39 is 11.9 Å². The highest BCUT2D eigenvalue weighted by atomic mass is 16.5. The topological polar surface area (TPSA) is 66.9 Å². The summed E-state index contributed by atoms with van der Waals surface area (Å²) in [6.45, 7) is 4.56. The first-order valence-corrected chi connectivity index (χ1v) is 10.4. The Morgan fingerprint density at radius 3 is 2.67 bits per heavy atom. The smallest absolute Gasteiger partial charge is 0.311 e. The Morgan fingerprint density at radius 2 is 1.83 bits per heavy atom. The van der Waals surface area contributed by atoms with Gasteiger partial charge in [-0.05, 0) is 55.5 Å². The molecule has 1 atom stereocenters. The van der Waals surface area contributed by atoms with Crippen LogP contribution in [0.15, 0.2) is 42.5 Å². The lowest BCUT2D eigenvalue weighted by Gasteiger charge is -2.29. The number of aryl methyl sites for hydroxylation is 2. The maximum absolute atomic E-state index is 12.7. The molecular formula is C24H26N2O4. The zero-order valence-electron chi connectivity index (χ0n) is 17.4. The summed E-state index contributed by atoms with van der Waals surface area (Å²) >= 11 is 0. The highest BCUT2D eigenvalue weighted by molar-refractivity contribution is 6.01. The van der Waals surface area contributed by atoms with Crippen molar-refractivity contribution >= 4 is 29.2 Å². The quantitative estimate of drug-likeness (QED) is 0.732. The van der Waals surface area contributed by atoms with Crippen molar-refractivity contribution in [1.29, 1.82) is 0 Å². The molecule has 6 nitrogen and oxygen atoms in total. The molecule has 156 valence electrons. The molecule has 0 spiro atoms. The average Bonchev–Trinajstić information content (AvgIpc) is 3.14. The molecule has 0 aliphatic carbocycles. The third kappa shape index (κ3) is 3.82. The van der Waals surface area contributed by atoms with Crippen LogP contribution in [0.1, 0.15) is 29.5 Å². The van der Waals surface area contributed by atoms with E-state index >= 15 is 0 Å². The van der Waals surface area contributed by atoms with Crippen LogP contribution in [0.2, 0.25) is 0 Å². The van der Waals surface area contributed by atoms with Gasteiger partial charge in [0.2, 0.25) is 5.91 Å². The Bertz CT molecular complexity index is 1000. The summed E-state index contributed by atoms with van der Waals surface area (Å²) in [5.74, 6) is -1.37. The van der Waals surface area contributed by atoms with Gasteiger partial charge in [0.25, 0.3) is 5.91 Å². The lowest BCUT2D eigenvalue weighted by atomic mass is 10.0. The summed E-state index contributed by atoms with van der Waals surface area (Å²) < 4.78 is 5.33. The lowest BCUT2D eigenvalue weighted by molar-refractivity contribution is -0.151. The fourth-order valence-electron chi connectivity index (χ4n) is 4.25. The van der Waals surface area contributed by atoms with E-state index in [2.05, 4.69) is 0 Å². The van der Waals surface area contributed by atoms with Gasteiger partial charge in [-0.3, -0.25) is 14.4 Å². The minimum Gasteiger partial charge on any atom is -0.455 e. The van der Waals surface area contributed by atoms with Gasteiger partial charge in [0.15, 0.2) is 6.61 Å². The first kappa shape index (κ1) is 20.1. The van der Waals surface area contributed by atoms with Crippen LogP contribution in [0, 0.1) is 19.8 Å². The van der Waals surface area contributed by atoms with Crippen molar-refractivity contribution in [2.75, 3.05) is 29.5 Å². The van der Waals surface area contributed by atoms with Gasteiger partial charge in [0.1, 0.15) is 0 Å². The highest BCUT2D eigenvalue weighted by Crippen LogP contribution is 2.30. The van der Waals surface area contributed by atoms with E-state index in [1.54, 1.807) is 9.80 Å². The SMILES string of the molecule is Cc1cccc(N2CC(C(=O)OCC(=O)N3CCCc4ccccc43)CC2=O)c1C. The minimum absolute atomic E-state index is 0.0954. The second-order valence-electron chi connectivity index (χ2n) is 8.01. The minimum atomic E-state index is -0.557. The van der Waals surface area contributed by atoms with Crippen molar-refractivity contribution in [3.8, 4) is 0 Å². The summed E-state index contributed by atoms with van der Waals surface area (Å²) in [5.41, 5.74) is 4.98. The summed E-state index contributed by atoms with van der Waals surface area (Å²) in [7, 11) is 0. The Labute approximate surface area is 176 Å². The van der Waals surface area contributed by atoms with Crippen molar-refractivity contribution in [2.45, 2.75) is 33.1 Å². The van der Waals surface area contributed by atoms with Crippen LogP contribution in [0.3, 0.4) is 0 Å². The highest BCUT2D eigenvalue weighted by Gasteiger charge is 2.37. The molecule has 6 heteroatoms. The monoisotopic (exact) mass is 406 g/mol. The van der Waals surface area contributed by atoms with Crippen LogP contribution in [0.25, 0.3) is 0 Å². The van der Waals surface area contributed by atoms with Crippen LogP contribution < -0.4 is 9.80 Å². The first-order chi connectivity index (χ1) is 14.5. The van der Waals surface area contributed by atoms with Crippen LogP contribution in [0.4, 0.5) is 11.4 Å². The van der Waals surface area contributed by atoms with Gasteiger partial charge in [-0.1, -0.05) is 30.3 Å². The number of ether oxygens (including phenoxy) is 1. The third-order valence-corrected chi connectivity index (χ3v) is 6.07. The van der Waals surface area contributed by atoms with Crippen LogP contribution in [0.5, 0.6) is 0 Å². The Balaban J connectivity index is 1.38.